The lowest BCUT2D eigenvalue weighted by atomic mass is 9.47. The van der Waals surface area contributed by atoms with Gasteiger partial charge in [-0.05, 0) is 111 Å². The summed E-state index contributed by atoms with van der Waals surface area (Å²) in [5.41, 5.74) is 2.58. The molecule has 0 aromatic heterocycles. The Kier molecular flexibility index (Phi) is 6.60. The van der Waals surface area contributed by atoms with Gasteiger partial charge < -0.3 is 9.84 Å². The lowest BCUT2D eigenvalue weighted by Gasteiger charge is -2.58. The second kappa shape index (κ2) is 9.03. The maximum absolute atomic E-state index is 10.3. The molecule has 1 aliphatic heterocycles. The summed E-state index contributed by atoms with van der Waals surface area (Å²) >= 11 is 0. The van der Waals surface area contributed by atoms with Crippen LogP contribution in [0.3, 0.4) is 0 Å². The highest BCUT2D eigenvalue weighted by molar-refractivity contribution is 5.25. The molecule has 4 fully saturated rings. The number of ether oxygens (including phenoxy) is 1. The first-order chi connectivity index (χ1) is 15.3. The fraction of sp³-hybridized carbons (Fsp3) is 0.933. The van der Waals surface area contributed by atoms with Crippen molar-refractivity contribution in [2.75, 3.05) is 6.61 Å². The Morgan fingerprint density at radius 2 is 1.84 bits per heavy atom. The standard InChI is InChI=1S/C30H50O2/c1-20(8-10-24-19-32-24)6-5-7-21(2)26-12-13-27-25-11-9-22-18-23(31)14-16-29(22,3)28(25)15-17-30(26,27)4/h9,20-21,23-28,31H,5-8,10-19H2,1-4H3/t20?,21-,23+,24?,25+,26-,27+,28+,29+,30-/m1/s1. The van der Waals surface area contributed by atoms with Crippen LogP contribution < -0.4 is 0 Å². The molecule has 182 valence electrons. The zero-order valence-electron chi connectivity index (χ0n) is 21.5. The SMILES string of the molecule is CC(CCC[C@@H](C)[C@H]1CC[C@H]2[C@@H]3CC=C4C[C@@H](O)CC[C@]4(C)[C@H]3CC[C@]12C)CCC1CO1. The molecule has 32 heavy (non-hydrogen) atoms. The molecular weight excluding hydrogens is 392 g/mol. The van der Waals surface area contributed by atoms with E-state index in [2.05, 4.69) is 33.8 Å². The van der Waals surface area contributed by atoms with Crippen molar-refractivity contribution in [2.24, 2.45) is 46.3 Å². The average Bonchev–Trinajstić information content (AvgIpc) is 3.52. The van der Waals surface area contributed by atoms with Crippen molar-refractivity contribution in [3.63, 3.8) is 0 Å². The topological polar surface area (TPSA) is 32.8 Å². The van der Waals surface area contributed by atoms with Crippen LogP contribution in [-0.2, 0) is 4.74 Å². The van der Waals surface area contributed by atoms with Gasteiger partial charge in [0.2, 0.25) is 0 Å². The van der Waals surface area contributed by atoms with Crippen LogP contribution in [0.2, 0.25) is 0 Å². The van der Waals surface area contributed by atoms with Crippen molar-refractivity contribution < 1.29 is 9.84 Å². The molecule has 5 aliphatic rings. The quantitative estimate of drug-likeness (QED) is 0.311. The lowest BCUT2D eigenvalue weighted by Crippen LogP contribution is -2.50. The Morgan fingerprint density at radius 1 is 1.03 bits per heavy atom. The van der Waals surface area contributed by atoms with E-state index in [1.807, 2.05) is 0 Å². The molecule has 1 N–H and O–H groups in total. The second-order valence-electron chi connectivity index (χ2n) is 13.4. The lowest BCUT2D eigenvalue weighted by molar-refractivity contribution is -0.0573. The van der Waals surface area contributed by atoms with Crippen LogP contribution in [0.5, 0.6) is 0 Å². The molecule has 3 saturated carbocycles. The van der Waals surface area contributed by atoms with Gasteiger partial charge in [0.15, 0.2) is 0 Å². The first-order valence-corrected chi connectivity index (χ1v) is 14.3. The fourth-order valence-electron chi connectivity index (χ4n) is 9.46. The van der Waals surface area contributed by atoms with E-state index < -0.39 is 0 Å². The summed E-state index contributed by atoms with van der Waals surface area (Å²) in [6.45, 7) is 11.3. The summed E-state index contributed by atoms with van der Waals surface area (Å²) in [6, 6.07) is 0. The number of epoxide rings is 1. The number of hydrogen-bond acceptors (Lipinski definition) is 2. The molecule has 0 amide bonds. The predicted molar refractivity (Wildman–Crippen MR) is 132 cm³/mol. The van der Waals surface area contributed by atoms with E-state index in [1.54, 1.807) is 5.57 Å². The number of rotatable bonds is 8. The molecule has 0 aromatic carbocycles. The summed E-state index contributed by atoms with van der Waals surface area (Å²) in [6.07, 6.45) is 20.4. The van der Waals surface area contributed by atoms with Crippen LogP contribution in [0.15, 0.2) is 11.6 Å². The maximum Gasteiger partial charge on any atom is 0.0810 e. The highest BCUT2D eigenvalue weighted by Gasteiger charge is 2.59. The molecule has 1 saturated heterocycles. The highest BCUT2D eigenvalue weighted by Crippen LogP contribution is 2.67. The van der Waals surface area contributed by atoms with Crippen molar-refractivity contribution in [1.82, 2.24) is 0 Å². The Labute approximate surface area is 198 Å². The third-order valence-corrected chi connectivity index (χ3v) is 11.6. The molecule has 1 heterocycles. The molecule has 0 spiro atoms. The summed E-state index contributed by atoms with van der Waals surface area (Å²) in [5.74, 6) is 5.41. The van der Waals surface area contributed by atoms with Gasteiger partial charge in [-0.2, -0.15) is 0 Å². The Morgan fingerprint density at radius 3 is 2.62 bits per heavy atom. The summed E-state index contributed by atoms with van der Waals surface area (Å²) in [4.78, 5) is 0. The van der Waals surface area contributed by atoms with Crippen LogP contribution in [0, 0.1) is 46.3 Å². The average molecular weight is 443 g/mol. The number of fused-ring (bicyclic) bond motifs is 5. The molecule has 0 aromatic rings. The van der Waals surface area contributed by atoms with E-state index in [9.17, 15) is 5.11 Å². The van der Waals surface area contributed by atoms with Crippen molar-refractivity contribution in [3.05, 3.63) is 11.6 Å². The summed E-state index contributed by atoms with van der Waals surface area (Å²) in [7, 11) is 0. The minimum absolute atomic E-state index is 0.0822. The highest BCUT2D eigenvalue weighted by atomic mass is 16.6. The summed E-state index contributed by atoms with van der Waals surface area (Å²) < 4.78 is 5.39. The number of aliphatic hydroxyl groups excluding tert-OH is 1. The second-order valence-corrected chi connectivity index (χ2v) is 13.4. The van der Waals surface area contributed by atoms with E-state index >= 15 is 0 Å². The maximum atomic E-state index is 10.3. The Hall–Kier alpha value is -0.340. The molecule has 4 aliphatic carbocycles. The van der Waals surface area contributed by atoms with E-state index in [0.717, 1.165) is 55.0 Å². The molecule has 5 rings (SSSR count). The molecule has 0 radical (unpaired) electrons. The Balaban J connectivity index is 1.19. The number of allylic oxidation sites excluding steroid dienone is 1. The number of hydrogen-bond donors (Lipinski definition) is 1. The monoisotopic (exact) mass is 442 g/mol. The van der Waals surface area contributed by atoms with Crippen molar-refractivity contribution in [3.8, 4) is 0 Å². The minimum atomic E-state index is -0.0822. The summed E-state index contributed by atoms with van der Waals surface area (Å²) in [5, 5.41) is 10.3. The van der Waals surface area contributed by atoms with Crippen molar-refractivity contribution in [1.29, 1.82) is 0 Å². The van der Waals surface area contributed by atoms with Crippen molar-refractivity contribution >= 4 is 0 Å². The molecule has 2 unspecified atom stereocenters. The van der Waals surface area contributed by atoms with E-state index in [4.69, 9.17) is 4.74 Å². The molecular formula is C30H50O2. The van der Waals surface area contributed by atoms with Gasteiger partial charge in [0.25, 0.3) is 0 Å². The molecule has 0 bridgehead atoms. The molecule has 2 nitrogen and oxygen atoms in total. The predicted octanol–water partition coefficient (Wildman–Crippen LogP) is 7.55. The zero-order valence-corrected chi connectivity index (χ0v) is 21.5. The van der Waals surface area contributed by atoms with Gasteiger partial charge >= 0.3 is 0 Å². The van der Waals surface area contributed by atoms with Crippen LogP contribution in [0.25, 0.3) is 0 Å². The fourth-order valence-corrected chi connectivity index (χ4v) is 9.46. The van der Waals surface area contributed by atoms with Gasteiger partial charge in [-0.1, -0.05) is 58.6 Å². The van der Waals surface area contributed by atoms with Gasteiger partial charge in [0.1, 0.15) is 0 Å². The van der Waals surface area contributed by atoms with Crippen molar-refractivity contribution in [2.45, 2.75) is 123 Å². The molecule has 2 heteroatoms. The van der Waals surface area contributed by atoms with E-state index in [1.165, 1.54) is 70.6 Å². The number of aliphatic hydroxyl groups is 1. The van der Waals surface area contributed by atoms with Gasteiger partial charge in [0, 0.05) is 0 Å². The van der Waals surface area contributed by atoms with Gasteiger partial charge in [-0.15, -0.1) is 0 Å². The molecule has 10 atom stereocenters. The third kappa shape index (κ3) is 4.26. The first kappa shape index (κ1) is 23.4. The van der Waals surface area contributed by atoms with Crippen LogP contribution in [0.4, 0.5) is 0 Å². The third-order valence-electron chi connectivity index (χ3n) is 11.6. The van der Waals surface area contributed by atoms with Gasteiger partial charge in [-0.3, -0.25) is 0 Å². The zero-order chi connectivity index (χ0) is 22.5. The smallest absolute Gasteiger partial charge is 0.0810 e. The van der Waals surface area contributed by atoms with Gasteiger partial charge in [-0.25, -0.2) is 0 Å². The van der Waals surface area contributed by atoms with E-state index in [0.29, 0.717) is 16.9 Å². The first-order valence-electron chi connectivity index (χ1n) is 14.3. The van der Waals surface area contributed by atoms with Crippen LogP contribution >= 0.6 is 0 Å². The van der Waals surface area contributed by atoms with Crippen LogP contribution in [0.1, 0.15) is 111 Å². The largest absolute Gasteiger partial charge is 0.393 e. The van der Waals surface area contributed by atoms with Gasteiger partial charge in [0.05, 0.1) is 18.8 Å². The van der Waals surface area contributed by atoms with E-state index in [-0.39, 0.29) is 6.10 Å². The minimum Gasteiger partial charge on any atom is -0.393 e. The van der Waals surface area contributed by atoms with Crippen LogP contribution in [-0.4, -0.2) is 23.9 Å². The normalized spacial score (nSPS) is 47.1. The Bertz CT molecular complexity index is 695.